The van der Waals surface area contributed by atoms with E-state index in [9.17, 15) is 13.5 Å². The van der Waals surface area contributed by atoms with Crippen molar-refractivity contribution in [2.45, 2.75) is 11.8 Å². The molecule has 0 radical (unpaired) electrons. The molecule has 0 spiro atoms. The molecule has 0 aliphatic rings. The number of benzene rings is 2. The van der Waals surface area contributed by atoms with E-state index in [0.29, 0.717) is 11.3 Å². The average molecular weight is 308 g/mol. The van der Waals surface area contributed by atoms with Gasteiger partial charge in [0.2, 0.25) is 0 Å². The van der Waals surface area contributed by atoms with E-state index < -0.39 is 10.0 Å². The van der Waals surface area contributed by atoms with Crippen LogP contribution in [0.2, 0.25) is 0 Å². The Kier molecular flexibility index (Phi) is 3.95. The number of aromatic hydroxyl groups is 1. The van der Waals surface area contributed by atoms with Gasteiger partial charge in [-0.25, -0.2) is 8.42 Å². The van der Waals surface area contributed by atoms with Crippen molar-refractivity contribution in [2.24, 2.45) is 0 Å². The Bertz CT molecular complexity index is 773. The first-order chi connectivity index (χ1) is 9.83. The summed E-state index contributed by atoms with van der Waals surface area (Å²) in [7, 11) is -2.34. The lowest BCUT2D eigenvalue weighted by Gasteiger charge is -2.11. The maximum Gasteiger partial charge on any atom is 0.261 e. The zero-order valence-corrected chi connectivity index (χ0v) is 12.4. The van der Waals surface area contributed by atoms with Crippen molar-refractivity contribution in [2.75, 3.05) is 17.6 Å². The van der Waals surface area contributed by atoms with Gasteiger partial charge in [0.15, 0.2) is 0 Å². The van der Waals surface area contributed by atoms with Crippen LogP contribution >= 0.6 is 0 Å². The molecule has 0 unspecified atom stereocenters. The highest BCUT2D eigenvalue weighted by atomic mass is 32.2. The number of ether oxygens (including phenoxy) is 1. The molecule has 2 aromatic rings. The number of nitrogens with two attached hydrogens (primary N) is 1. The van der Waals surface area contributed by atoms with Gasteiger partial charge in [-0.2, -0.15) is 0 Å². The summed E-state index contributed by atoms with van der Waals surface area (Å²) < 4.78 is 31.9. The lowest BCUT2D eigenvalue weighted by Crippen LogP contribution is -2.13. The molecule has 2 aromatic carbocycles. The van der Waals surface area contributed by atoms with Gasteiger partial charge in [0.05, 0.1) is 23.4 Å². The number of nitrogen functional groups attached to an aromatic ring is 1. The molecule has 0 saturated heterocycles. The van der Waals surface area contributed by atoms with Crippen LogP contribution in [0.3, 0.4) is 0 Å². The molecule has 0 heterocycles. The van der Waals surface area contributed by atoms with E-state index in [1.165, 1.54) is 31.4 Å². The predicted octanol–water partition coefficient (Wildman–Crippen LogP) is 2.09. The van der Waals surface area contributed by atoms with Gasteiger partial charge in [-0.3, -0.25) is 4.72 Å². The summed E-state index contributed by atoms with van der Waals surface area (Å²) in [5.74, 6) is 0.423. The number of nitrogens with one attached hydrogen (secondary N) is 1. The van der Waals surface area contributed by atoms with Crippen molar-refractivity contribution < 1.29 is 18.3 Å². The van der Waals surface area contributed by atoms with E-state index in [1.54, 1.807) is 19.1 Å². The first-order valence-corrected chi connectivity index (χ1v) is 7.58. The van der Waals surface area contributed by atoms with Crippen LogP contribution < -0.4 is 15.2 Å². The Morgan fingerprint density at radius 2 is 1.90 bits per heavy atom. The second-order valence-electron chi connectivity index (χ2n) is 4.51. The van der Waals surface area contributed by atoms with Crippen LogP contribution in [-0.4, -0.2) is 20.6 Å². The quantitative estimate of drug-likeness (QED) is 0.751. The van der Waals surface area contributed by atoms with Crippen LogP contribution in [-0.2, 0) is 10.0 Å². The van der Waals surface area contributed by atoms with Crippen LogP contribution in [0.1, 0.15) is 5.56 Å². The number of sulfonamides is 1. The van der Waals surface area contributed by atoms with Crippen LogP contribution in [0.5, 0.6) is 11.5 Å². The van der Waals surface area contributed by atoms with Crippen molar-refractivity contribution in [3.63, 3.8) is 0 Å². The van der Waals surface area contributed by atoms with E-state index in [0.717, 1.165) is 0 Å². The van der Waals surface area contributed by atoms with Crippen molar-refractivity contribution in [3.05, 3.63) is 42.0 Å². The van der Waals surface area contributed by atoms with Gasteiger partial charge in [0.25, 0.3) is 10.0 Å². The van der Waals surface area contributed by atoms with Crippen molar-refractivity contribution in [1.82, 2.24) is 0 Å². The molecule has 0 aliphatic heterocycles. The number of hydrogen-bond acceptors (Lipinski definition) is 5. The number of anilines is 2. The Morgan fingerprint density at radius 3 is 2.48 bits per heavy atom. The van der Waals surface area contributed by atoms with Crippen LogP contribution in [0, 0.1) is 6.92 Å². The van der Waals surface area contributed by atoms with E-state index in [-0.39, 0.29) is 22.0 Å². The van der Waals surface area contributed by atoms with Gasteiger partial charge in [0.1, 0.15) is 11.5 Å². The fraction of sp³-hybridized carbons (Fsp3) is 0.143. The van der Waals surface area contributed by atoms with Gasteiger partial charge in [-0.1, -0.05) is 6.07 Å². The molecule has 0 fully saturated rings. The Morgan fingerprint density at radius 1 is 1.19 bits per heavy atom. The molecule has 0 aliphatic carbocycles. The summed E-state index contributed by atoms with van der Waals surface area (Å²) in [6.45, 7) is 1.72. The standard InChI is InChI=1S/C14H16N2O4S/c1-9-3-4-10(7-13(9)17)16-21(18,19)11-5-6-14(20-2)12(15)8-11/h3-8,16-17H,15H2,1-2H3. The minimum absolute atomic E-state index is 0.0147. The van der Waals surface area contributed by atoms with Gasteiger partial charge in [-0.05, 0) is 36.8 Å². The molecule has 7 heteroatoms. The van der Waals surface area contributed by atoms with E-state index in [2.05, 4.69) is 4.72 Å². The Hall–Kier alpha value is -2.41. The molecule has 112 valence electrons. The first-order valence-electron chi connectivity index (χ1n) is 6.09. The molecule has 2 rings (SSSR count). The summed E-state index contributed by atoms with van der Waals surface area (Å²) >= 11 is 0. The number of rotatable bonds is 4. The fourth-order valence-electron chi connectivity index (χ4n) is 1.77. The van der Waals surface area contributed by atoms with Gasteiger partial charge in [0, 0.05) is 6.07 Å². The van der Waals surface area contributed by atoms with Crippen molar-refractivity contribution in [1.29, 1.82) is 0 Å². The number of aryl methyl sites for hydroxylation is 1. The minimum Gasteiger partial charge on any atom is -0.508 e. The summed E-state index contributed by atoms with van der Waals surface area (Å²) in [5.41, 5.74) is 6.87. The third kappa shape index (κ3) is 3.19. The third-order valence-corrected chi connectivity index (χ3v) is 4.35. The maximum absolute atomic E-state index is 12.3. The van der Waals surface area contributed by atoms with E-state index in [1.807, 2.05) is 0 Å². The minimum atomic E-state index is -3.79. The highest BCUT2D eigenvalue weighted by Gasteiger charge is 2.16. The normalized spacial score (nSPS) is 11.1. The monoisotopic (exact) mass is 308 g/mol. The number of hydrogen-bond donors (Lipinski definition) is 3. The molecular weight excluding hydrogens is 292 g/mol. The summed E-state index contributed by atoms with van der Waals surface area (Å²) in [5, 5.41) is 9.61. The zero-order valence-electron chi connectivity index (χ0n) is 11.6. The Labute approximate surface area is 123 Å². The topological polar surface area (TPSA) is 102 Å². The summed E-state index contributed by atoms with van der Waals surface area (Å²) in [4.78, 5) is 0.0147. The molecule has 4 N–H and O–H groups in total. The van der Waals surface area contributed by atoms with Crippen LogP contribution in [0.25, 0.3) is 0 Å². The van der Waals surface area contributed by atoms with Crippen molar-refractivity contribution in [3.8, 4) is 11.5 Å². The second-order valence-corrected chi connectivity index (χ2v) is 6.19. The number of phenolic OH excluding ortho intramolecular Hbond substituents is 1. The Balaban J connectivity index is 2.33. The summed E-state index contributed by atoms with van der Waals surface area (Å²) in [6.07, 6.45) is 0. The molecular formula is C14H16N2O4S. The SMILES string of the molecule is COc1ccc(S(=O)(=O)Nc2ccc(C)c(O)c2)cc1N. The van der Waals surface area contributed by atoms with E-state index in [4.69, 9.17) is 10.5 Å². The number of methoxy groups -OCH3 is 1. The lowest BCUT2D eigenvalue weighted by molar-refractivity contribution is 0.416. The largest absolute Gasteiger partial charge is 0.508 e. The maximum atomic E-state index is 12.3. The fourth-order valence-corrected chi connectivity index (χ4v) is 2.85. The number of phenols is 1. The van der Waals surface area contributed by atoms with Gasteiger partial charge < -0.3 is 15.6 Å². The highest BCUT2D eigenvalue weighted by molar-refractivity contribution is 7.92. The lowest BCUT2D eigenvalue weighted by atomic mass is 10.2. The molecule has 6 nitrogen and oxygen atoms in total. The zero-order chi connectivity index (χ0) is 15.6. The van der Waals surface area contributed by atoms with Gasteiger partial charge in [-0.15, -0.1) is 0 Å². The van der Waals surface area contributed by atoms with Crippen LogP contribution in [0.4, 0.5) is 11.4 Å². The van der Waals surface area contributed by atoms with Crippen LogP contribution in [0.15, 0.2) is 41.3 Å². The van der Waals surface area contributed by atoms with Gasteiger partial charge >= 0.3 is 0 Å². The third-order valence-electron chi connectivity index (χ3n) is 2.97. The second kappa shape index (κ2) is 5.53. The first kappa shape index (κ1) is 15.0. The smallest absolute Gasteiger partial charge is 0.261 e. The summed E-state index contributed by atoms with van der Waals surface area (Å²) in [6, 6.07) is 8.73. The predicted molar refractivity (Wildman–Crippen MR) is 81.1 cm³/mol. The molecule has 21 heavy (non-hydrogen) atoms. The highest BCUT2D eigenvalue weighted by Crippen LogP contribution is 2.27. The van der Waals surface area contributed by atoms with Crippen molar-refractivity contribution >= 4 is 21.4 Å². The van der Waals surface area contributed by atoms with E-state index >= 15 is 0 Å². The molecule has 0 atom stereocenters. The average Bonchev–Trinajstić information content (AvgIpc) is 2.42. The molecule has 0 bridgehead atoms. The molecule has 0 amide bonds. The molecule has 0 saturated carbocycles. The molecule has 0 aromatic heterocycles.